The number of carbonyl (C=O) groups is 1. The number of halogens is 1. The van der Waals surface area contributed by atoms with Gasteiger partial charge in [-0.3, -0.25) is 4.79 Å². The fraction of sp³-hybridized carbons (Fsp3) is 0.647. The van der Waals surface area contributed by atoms with E-state index in [1.807, 2.05) is 0 Å². The molecule has 4 heteroatoms. The lowest BCUT2D eigenvalue weighted by atomic mass is 9.48. The van der Waals surface area contributed by atoms with E-state index in [2.05, 4.69) is 4.98 Å². The van der Waals surface area contributed by atoms with Crippen molar-refractivity contribution in [3.63, 3.8) is 0 Å². The summed E-state index contributed by atoms with van der Waals surface area (Å²) in [4.78, 5) is 16.8. The highest BCUT2D eigenvalue weighted by Crippen LogP contribution is 2.60. The quantitative estimate of drug-likeness (QED) is 0.792. The number of aromatic nitrogens is 1. The number of Topliss-reactive ketones (excluding diaryl/α,β-unsaturated/α-hetero) is 1. The molecule has 4 aliphatic rings. The molecule has 4 bridgehead atoms. The second kappa shape index (κ2) is 4.98. The van der Waals surface area contributed by atoms with E-state index in [-0.39, 0.29) is 17.8 Å². The Bertz CT molecular complexity index is 536. The van der Waals surface area contributed by atoms with Crippen LogP contribution >= 0.6 is 11.6 Å². The molecule has 1 aromatic heterocycles. The molecule has 4 saturated carbocycles. The van der Waals surface area contributed by atoms with Crippen LogP contribution in [0, 0.1) is 23.2 Å². The molecule has 5 rings (SSSR count). The molecule has 1 heterocycles. The zero-order valence-corrected chi connectivity index (χ0v) is 12.8. The van der Waals surface area contributed by atoms with Crippen LogP contribution in [0.25, 0.3) is 0 Å². The van der Waals surface area contributed by atoms with Crippen molar-refractivity contribution in [2.75, 3.05) is 6.61 Å². The van der Waals surface area contributed by atoms with Crippen LogP contribution in [0.3, 0.4) is 0 Å². The van der Waals surface area contributed by atoms with Crippen LogP contribution in [0.5, 0.6) is 5.75 Å². The summed E-state index contributed by atoms with van der Waals surface area (Å²) >= 11 is 5.98. The Morgan fingerprint density at radius 2 is 1.86 bits per heavy atom. The molecule has 0 aliphatic heterocycles. The van der Waals surface area contributed by atoms with E-state index < -0.39 is 0 Å². The maximum Gasteiger partial charge on any atom is 0.176 e. The van der Waals surface area contributed by atoms with Gasteiger partial charge in [-0.1, -0.05) is 11.6 Å². The average molecular weight is 306 g/mol. The summed E-state index contributed by atoms with van der Waals surface area (Å²) in [5.74, 6) is 3.13. The molecule has 112 valence electrons. The summed E-state index contributed by atoms with van der Waals surface area (Å²) in [5, 5.41) is 0.329. The minimum absolute atomic E-state index is 0.0938. The summed E-state index contributed by atoms with van der Waals surface area (Å²) in [6.07, 6.45) is 8.92. The first kappa shape index (κ1) is 13.6. The number of pyridine rings is 1. The Morgan fingerprint density at radius 3 is 2.43 bits per heavy atom. The first-order chi connectivity index (χ1) is 10.1. The Kier molecular flexibility index (Phi) is 3.21. The number of hydrogen-bond acceptors (Lipinski definition) is 3. The molecule has 0 atom stereocenters. The highest BCUT2D eigenvalue weighted by atomic mass is 35.5. The molecule has 0 N–H and O–H groups in total. The van der Waals surface area contributed by atoms with Crippen LogP contribution in [0.1, 0.15) is 38.5 Å². The maximum absolute atomic E-state index is 12.8. The number of nitrogens with zero attached hydrogens (tertiary/aromatic N) is 1. The van der Waals surface area contributed by atoms with E-state index >= 15 is 0 Å². The zero-order valence-electron chi connectivity index (χ0n) is 12.1. The van der Waals surface area contributed by atoms with Gasteiger partial charge >= 0.3 is 0 Å². The van der Waals surface area contributed by atoms with Crippen LogP contribution in [-0.2, 0) is 4.79 Å². The van der Waals surface area contributed by atoms with Gasteiger partial charge < -0.3 is 4.74 Å². The van der Waals surface area contributed by atoms with E-state index in [0.29, 0.717) is 10.9 Å². The van der Waals surface area contributed by atoms with Crippen LogP contribution in [0.4, 0.5) is 0 Å². The second-order valence-corrected chi connectivity index (χ2v) is 7.56. The second-order valence-electron chi connectivity index (χ2n) is 7.20. The average Bonchev–Trinajstić information content (AvgIpc) is 2.44. The van der Waals surface area contributed by atoms with Crippen molar-refractivity contribution in [1.82, 2.24) is 4.98 Å². The summed E-state index contributed by atoms with van der Waals surface area (Å²) in [5.41, 5.74) is -0.0938. The van der Waals surface area contributed by atoms with Crippen LogP contribution < -0.4 is 4.74 Å². The van der Waals surface area contributed by atoms with Gasteiger partial charge in [0.2, 0.25) is 0 Å². The molecule has 0 unspecified atom stereocenters. The molecular weight excluding hydrogens is 286 g/mol. The predicted octanol–water partition coefficient (Wildman–Crippen LogP) is 3.90. The van der Waals surface area contributed by atoms with Gasteiger partial charge in [-0.2, -0.15) is 0 Å². The van der Waals surface area contributed by atoms with Crippen LogP contribution in [0.2, 0.25) is 5.15 Å². The molecule has 21 heavy (non-hydrogen) atoms. The van der Waals surface area contributed by atoms with E-state index in [1.54, 1.807) is 18.3 Å². The lowest BCUT2D eigenvalue weighted by Gasteiger charge is -2.55. The van der Waals surface area contributed by atoms with Gasteiger partial charge in [0.25, 0.3) is 0 Å². The normalized spacial score (nSPS) is 36.7. The molecule has 4 aliphatic carbocycles. The first-order valence-electron chi connectivity index (χ1n) is 7.91. The molecule has 0 spiro atoms. The van der Waals surface area contributed by atoms with Crippen molar-refractivity contribution in [1.29, 1.82) is 0 Å². The highest BCUT2D eigenvalue weighted by Gasteiger charge is 2.54. The first-order valence-corrected chi connectivity index (χ1v) is 8.29. The smallest absolute Gasteiger partial charge is 0.176 e. The number of hydrogen-bond donors (Lipinski definition) is 0. The fourth-order valence-electron chi connectivity index (χ4n) is 5.23. The monoisotopic (exact) mass is 305 g/mol. The third-order valence-corrected chi connectivity index (χ3v) is 6.00. The number of rotatable bonds is 4. The standard InChI is InChI=1S/C17H20ClNO2/c18-16-14(2-1-3-19-16)21-10-15(20)17-7-11-4-12(8-17)6-13(5-11)9-17/h1-3,11-13H,4-10H2. The van der Waals surface area contributed by atoms with Gasteiger partial charge in [-0.25, -0.2) is 4.98 Å². The fourth-order valence-corrected chi connectivity index (χ4v) is 5.40. The largest absolute Gasteiger partial charge is 0.483 e. The molecule has 3 nitrogen and oxygen atoms in total. The Morgan fingerprint density at radius 1 is 1.24 bits per heavy atom. The molecule has 0 amide bonds. The molecule has 0 radical (unpaired) electrons. The highest BCUT2D eigenvalue weighted by molar-refractivity contribution is 6.30. The number of ketones is 1. The Labute approximate surface area is 130 Å². The lowest BCUT2D eigenvalue weighted by molar-refractivity contribution is -0.145. The third kappa shape index (κ3) is 2.36. The minimum Gasteiger partial charge on any atom is -0.483 e. The molecule has 0 aromatic carbocycles. The van der Waals surface area contributed by atoms with E-state index in [4.69, 9.17) is 16.3 Å². The molecule has 0 saturated heterocycles. The zero-order chi connectivity index (χ0) is 14.4. The van der Waals surface area contributed by atoms with Gasteiger partial charge in [0.1, 0.15) is 6.61 Å². The SMILES string of the molecule is O=C(COc1cccnc1Cl)C12CC3CC(CC(C3)C1)C2. The summed E-state index contributed by atoms with van der Waals surface area (Å²) in [7, 11) is 0. The third-order valence-electron chi connectivity index (χ3n) is 5.71. The molecule has 4 fully saturated rings. The van der Waals surface area contributed by atoms with Gasteiger partial charge in [0.05, 0.1) is 0 Å². The topological polar surface area (TPSA) is 39.2 Å². The van der Waals surface area contributed by atoms with Crippen molar-refractivity contribution in [3.8, 4) is 5.75 Å². The van der Waals surface area contributed by atoms with Crippen molar-refractivity contribution in [2.45, 2.75) is 38.5 Å². The Hall–Kier alpha value is -1.09. The van der Waals surface area contributed by atoms with Crippen LogP contribution in [-0.4, -0.2) is 17.4 Å². The van der Waals surface area contributed by atoms with E-state index in [0.717, 1.165) is 37.0 Å². The van der Waals surface area contributed by atoms with Crippen LogP contribution in [0.15, 0.2) is 18.3 Å². The van der Waals surface area contributed by atoms with Crippen molar-refractivity contribution in [3.05, 3.63) is 23.5 Å². The summed E-state index contributed by atoms with van der Waals surface area (Å²) < 4.78 is 5.64. The van der Waals surface area contributed by atoms with Gasteiger partial charge in [0.15, 0.2) is 16.7 Å². The number of carbonyl (C=O) groups excluding carboxylic acids is 1. The van der Waals surface area contributed by atoms with Crippen molar-refractivity contribution < 1.29 is 9.53 Å². The summed E-state index contributed by atoms with van der Waals surface area (Å²) in [6.45, 7) is 0.136. The predicted molar refractivity (Wildman–Crippen MR) is 80.4 cm³/mol. The van der Waals surface area contributed by atoms with E-state index in [9.17, 15) is 4.79 Å². The Balaban J connectivity index is 1.47. The molecular formula is C17H20ClNO2. The number of ether oxygens (including phenoxy) is 1. The van der Waals surface area contributed by atoms with Gasteiger partial charge in [-0.05, 0) is 68.4 Å². The summed E-state index contributed by atoms with van der Waals surface area (Å²) in [6, 6.07) is 3.54. The maximum atomic E-state index is 12.8. The van der Waals surface area contributed by atoms with Gasteiger partial charge in [-0.15, -0.1) is 0 Å². The van der Waals surface area contributed by atoms with E-state index in [1.165, 1.54) is 19.3 Å². The van der Waals surface area contributed by atoms with Gasteiger partial charge in [0, 0.05) is 11.6 Å². The van der Waals surface area contributed by atoms with Crippen molar-refractivity contribution in [2.24, 2.45) is 23.2 Å². The minimum atomic E-state index is -0.0938. The lowest BCUT2D eigenvalue weighted by Crippen LogP contribution is -2.51. The molecule has 1 aromatic rings. The van der Waals surface area contributed by atoms with Crippen molar-refractivity contribution >= 4 is 17.4 Å².